The summed E-state index contributed by atoms with van der Waals surface area (Å²) in [6, 6.07) is 11.9. The number of allylic oxidation sites excluding steroid dienone is 3. The van der Waals surface area contributed by atoms with Crippen LogP contribution in [0.3, 0.4) is 0 Å². The maximum Gasteiger partial charge on any atom is 0.342 e. The van der Waals surface area contributed by atoms with Crippen molar-refractivity contribution < 1.29 is 24.1 Å². The first-order valence-corrected chi connectivity index (χ1v) is 15.5. The van der Waals surface area contributed by atoms with Gasteiger partial charge in [0.2, 0.25) is 5.88 Å². The number of pyridine rings is 1. The van der Waals surface area contributed by atoms with E-state index in [1.54, 1.807) is 25.1 Å². The smallest absolute Gasteiger partial charge is 0.342 e. The van der Waals surface area contributed by atoms with Crippen molar-refractivity contribution in [1.29, 1.82) is 5.41 Å². The molecule has 1 fully saturated rings. The van der Waals surface area contributed by atoms with E-state index in [2.05, 4.69) is 60.4 Å². The largest absolute Gasteiger partial charge is 0.488 e. The number of carboxylic acids is 1. The monoisotopic (exact) mass is 614 g/mol. The van der Waals surface area contributed by atoms with Gasteiger partial charge in [-0.25, -0.2) is 9.78 Å². The third kappa shape index (κ3) is 8.93. The molecule has 2 aromatic rings. The zero-order valence-electron chi connectivity index (χ0n) is 26.9. The van der Waals surface area contributed by atoms with Crippen molar-refractivity contribution in [3.63, 3.8) is 0 Å². The standard InChI is InChI=1S/C36H46N4O5/c1-7-29(31-10-9-11-32(38-31)39-34(43-8-2)30(20-37)35(41)42)33(24(3)4)44-23-25-12-13-28-22-40(16-14-27(28)18-25)21-26-15-17-45-36(5,6)19-26/h7,9-13,18,20,26,37H,1,3,8,14-17,19,21-23H2,2,4-6H3,(H,38,39)(H,41,42)/b33-29-,34-30-,37-20?. The van der Waals surface area contributed by atoms with Crippen LogP contribution in [0, 0.1) is 11.3 Å². The van der Waals surface area contributed by atoms with Crippen LogP contribution < -0.4 is 5.32 Å². The summed E-state index contributed by atoms with van der Waals surface area (Å²) in [5, 5.41) is 19.9. The number of anilines is 1. The summed E-state index contributed by atoms with van der Waals surface area (Å²) in [5.74, 6) is 0.256. The minimum Gasteiger partial charge on any atom is -0.488 e. The third-order valence-corrected chi connectivity index (χ3v) is 8.07. The molecule has 1 atom stereocenters. The SMILES string of the molecule is C=C/C(=C(/OCc1ccc2c(c1)CCN(CC1CCOC(C)(C)C1)C2)C(=C)C)c1cccc(N/C(OCC)=C(\C=N)C(=O)O)n1. The molecule has 240 valence electrons. The zero-order valence-corrected chi connectivity index (χ0v) is 26.9. The van der Waals surface area contributed by atoms with Crippen LogP contribution in [0.25, 0.3) is 5.57 Å². The average Bonchev–Trinajstić information content (AvgIpc) is 2.99. The van der Waals surface area contributed by atoms with Crippen molar-refractivity contribution in [2.45, 2.75) is 65.7 Å². The van der Waals surface area contributed by atoms with Crippen molar-refractivity contribution in [1.82, 2.24) is 9.88 Å². The second-order valence-corrected chi connectivity index (χ2v) is 12.2. The number of rotatable bonds is 14. The number of fused-ring (bicyclic) bond motifs is 1. The van der Waals surface area contributed by atoms with Crippen LogP contribution in [-0.4, -0.2) is 59.1 Å². The number of aliphatic carboxylic acids is 1. The second-order valence-electron chi connectivity index (χ2n) is 12.2. The molecule has 0 saturated carbocycles. The van der Waals surface area contributed by atoms with Crippen LogP contribution in [0.2, 0.25) is 0 Å². The molecule has 0 spiro atoms. The van der Waals surface area contributed by atoms with Crippen molar-refractivity contribution in [3.8, 4) is 0 Å². The Bertz CT molecular complexity index is 1490. The van der Waals surface area contributed by atoms with Crippen LogP contribution >= 0.6 is 0 Å². The molecule has 1 aromatic carbocycles. The molecule has 2 aliphatic rings. The molecule has 3 heterocycles. The quantitative estimate of drug-likeness (QED) is 0.0929. The fourth-order valence-electron chi connectivity index (χ4n) is 6.01. The fraction of sp³-hybridized carbons (Fsp3) is 0.417. The highest BCUT2D eigenvalue weighted by molar-refractivity contribution is 6.08. The number of nitrogens with one attached hydrogen (secondary N) is 2. The lowest BCUT2D eigenvalue weighted by atomic mass is 9.87. The lowest BCUT2D eigenvalue weighted by Crippen LogP contribution is -2.41. The average molecular weight is 615 g/mol. The third-order valence-electron chi connectivity index (χ3n) is 8.07. The Morgan fingerprint density at radius 1 is 1.27 bits per heavy atom. The number of ether oxygens (including phenoxy) is 3. The van der Waals surface area contributed by atoms with Gasteiger partial charge in [0.1, 0.15) is 23.8 Å². The van der Waals surface area contributed by atoms with Gasteiger partial charge < -0.3 is 30.0 Å². The molecule has 1 saturated heterocycles. The van der Waals surface area contributed by atoms with E-state index >= 15 is 0 Å². The number of hydrogen-bond acceptors (Lipinski definition) is 8. The van der Waals surface area contributed by atoms with E-state index in [-0.39, 0.29) is 23.7 Å². The predicted molar refractivity (Wildman–Crippen MR) is 178 cm³/mol. The second kappa shape index (κ2) is 15.2. The summed E-state index contributed by atoms with van der Waals surface area (Å²) >= 11 is 0. The summed E-state index contributed by atoms with van der Waals surface area (Å²) in [5.41, 5.74) is 5.44. The maximum absolute atomic E-state index is 11.6. The molecule has 2 aliphatic heterocycles. The first kappa shape index (κ1) is 33.7. The Kier molecular flexibility index (Phi) is 11.4. The lowest BCUT2D eigenvalue weighted by molar-refractivity contribution is -0.132. The summed E-state index contributed by atoms with van der Waals surface area (Å²) in [7, 11) is 0. The van der Waals surface area contributed by atoms with Gasteiger partial charge >= 0.3 is 5.97 Å². The molecule has 0 bridgehead atoms. The number of nitrogens with zero attached hydrogens (tertiary/aromatic N) is 2. The van der Waals surface area contributed by atoms with Gasteiger partial charge in [-0.05, 0) is 87.3 Å². The van der Waals surface area contributed by atoms with Crippen molar-refractivity contribution in [3.05, 3.63) is 101 Å². The number of hydrogen-bond donors (Lipinski definition) is 3. The van der Waals surface area contributed by atoms with E-state index in [0.29, 0.717) is 35.4 Å². The molecule has 9 heteroatoms. The highest BCUT2D eigenvalue weighted by Gasteiger charge is 2.30. The molecule has 4 rings (SSSR count). The minimum atomic E-state index is -1.28. The van der Waals surface area contributed by atoms with Gasteiger partial charge in [-0.3, -0.25) is 4.90 Å². The summed E-state index contributed by atoms with van der Waals surface area (Å²) in [4.78, 5) is 18.8. The van der Waals surface area contributed by atoms with Gasteiger partial charge in [0.25, 0.3) is 0 Å². The highest BCUT2D eigenvalue weighted by atomic mass is 16.5. The first-order chi connectivity index (χ1) is 21.5. The van der Waals surface area contributed by atoms with Crippen molar-refractivity contribution in [2.75, 3.05) is 31.6 Å². The Labute approximate surface area is 266 Å². The van der Waals surface area contributed by atoms with E-state index in [4.69, 9.17) is 19.6 Å². The molecule has 1 aromatic heterocycles. The highest BCUT2D eigenvalue weighted by Crippen LogP contribution is 2.31. The number of benzene rings is 1. The molecular formula is C36H46N4O5. The summed E-state index contributed by atoms with van der Waals surface area (Å²) in [6.45, 7) is 20.7. The zero-order chi connectivity index (χ0) is 32.6. The van der Waals surface area contributed by atoms with Crippen LogP contribution in [-0.2, 0) is 38.6 Å². The van der Waals surface area contributed by atoms with E-state index in [1.807, 2.05) is 13.0 Å². The van der Waals surface area contributed by atoms with Gasteiger partial charge in [-0.2, -0.15) is 0 Å². The van der Waals surface area contributed by atoms with Crippen LogP contribution in [0.15, 0.2) is 78.4 Å². The molecule has 3 N–H and O–H groups in total. The topological polar surface area (TPSA) is 117 Å². The molecule has 0 amide bonds. The molecule has 45 heavy (non-hydrogen) atoms. The maximum atomic E-state index is 11.6. The van der Waals surface area contributed by atoms with Crippen LogP contribution in [0.1, 0.15) is 62.9 Å². The van der Waals surface area contributed by atoms with Crippen LogP contribution in [0.4, 0.5) is 5.82 Å². The minimum absolute atomic E-state index is 0.0262. The molecule has 1 unspecified atom stereocenters. The van der Waals surface area contributed by atoms with E-state index in [9.17, 15) is 9.90 Å². The molecule has 0 radical (unpaired) electrons. The van der Waals surface area contributed by atoms with Crippen molar-refractivity contribution >= 4 is 23.6 Å². The first-order valence-electron chi connectivity index (χ1n) is 15.5. The van der Waals surface area contributed by atoms with Gasteiger partial charge in [0.15, 0.2) is 0 Å². The number of aromatic nitrogens is 1. The summed E-state index contributed by atoms with van der Waals surface area (Å²) in [6.07, 6.45) is 5.66. The van der Waals surface area contributed by atoms with Gasteiger partial charge in [-0.15, -0.1) is 0 Å². The lowest BCUT2D eigenvalue weighted by Gasteiger charge is -2.39. The normalized spacial score (nSPS) is 18.9. The molecular weight excluding hydrogens is 568 g/mol. The summed E-state index contributed by atoms with van der Waals surface area (Å²) < 4.78 is 17.7. The van der Waals surface area contributed by atoms with Crippen LogP contribution in [0.5, 0.6) is 0 Å². The Morgan fingerprint density at radius 3 is 2.73 bits per heavy atom. The van der Waals surface area contributed by atoms with E-state index in [1.165, 1.54) is 11.1 Å². The Morgan fingerprint density at radius 2 is 2.07 bits per heavy atom. The fourth-order valence-corrected chi connectivity index (χ4v) is 6.01. The van der Waals surface area contributed by atoms with Gasteiger partial charge in [0, 0.05) is 38.0 Å². The molecule has 0 aliphatic carbocycles. The Hall–Kier alpha value is -4.21. The van der Waals surface area contributed by atoms with E-state index < -0.39 is 5.97 Å². The predicted octanol–water partition coefficient (Wildman–Crippen LogP) is 6.73. The number of carboxylic acid groups (broad SMARTS) is 1. The van der Waals surface area contributed by atoms with Gasteiger partial charge in [0.05, 0.1) is 17.9 Å². The van der Waals surface area contributed by atoms with E-state index in [0.717, 1.165) is 62.9 Å². The van der Waals surface area contributed by atoms with Crippen molar-refractivity contribution in [2.24, 2.45) is 5.92 Å². The molecule has 9 nitrogen and oxygen atoms in total. The Balaban J connectivity index is 1.48. The number of carbonyl (C=O) groups is 1. The van der Waals surface area contributed by atoms with Gasteiger partial charge in [-0.1, -0.05) is 43.5 Å².